The molecule has 1 amide bonds. The molecule has 3 heterocycles. The fourth-order valence-electron chi connectivity index (χ4n) is 3.27. The predicted octanol–water partition coefficient (Wildman–Crippen LogP) is 2.17. The van der Waals surface area contributed by atoms with E-state index in [9.17, 15) is 9.18 Å². The van der Waals surface area contributed by atoms with Crippen LogP contribution in [0.5, 0.6) is 0 Å². The molecule has 1 saturated heterocycles. The number of rotatable bonds is 5. The largest absolute Gasteiger partial charge is 0.351 e. The summed E-state index contributed by atoms with van der Waals surface area (Å²) in [5.41, 5.74) is 1.83. The van der Waals surface area contributed by atoms with Gasteiger partial charge in [-0.05, 0) is 30.7 Å². The first-order valence-corrected chi connectivity index (χ1v) is 10.2. The van der Waals surface area contributed by atoms with Crippen LogP contribution in [0.2, 0.25) is 0 Å². The van der Waals surface area contributed by atoms with Crippen LogP contribution in [0.3, 0.4) is 0 Å². The molecule has 10 heteroatoms. The van der Waals surface area contributed by atoms with E-state index in [0.29, 0.717) is 55.3 Å². The molecular weight excluding hydrogens is 429 g/mol. The van der Waals surface area contributed by atoms with Gasteiger partial charge >= 0.3 is 0 Å². The lowest BCUT2D eigenvalue weighted by molar-refractivity contribution is -0.131. The smallest absolute Gasteiger partial charge is 0.222 e. The number of piperazine rings is 1. The molecule has 0 atom stereocenters. The third-order valence-electron chi connectivity index (χ3n) is 4.75. The molecule has 28 heavy (non-hydrogen) atoms. The zero-order valence-corrected chi connectivity index (χ0v) is 16.7. The molecule has 0 bridgehead atoms. The maximum absolute atomic E-state index is 13.2. The number of nitrogens with zero attached hydrogens (tertiary/aromatic N) is 7. The Kier molecular flexibility index (Phi) is 5.47. The van der Waals surface area contributed by atoms with Gasteiger partial charge in [0.05, 0.1) is 5.69 Å². The molecule has 4 rings (SSSR count). The highest BCUT2D eigenvalue weighted by atomic mass is 79.9. The molecule has 1 aliphatic rings. The molecule has 1 fully saturated rings. The maximum atomic E-state index is 13.2. The van der Waals surface area contributed by atoms with E-state index in [2.05, 4.69) is 41.1 Å². The third-order valence-corrected chi connectivity index (χ3v) is 5.31. The minimum atomic E-state index is -0.313. The Hall–Kier alpha value is -2.62. The zero-order chi connectivity index (χ0) is 19.5. The van der Waals surface area contributed by atoms with Crippen LogP contribution >= 0.6 is 15.9 Å². The molecular formula is C18H19BrFN7O. The highest BCUT2D eigenvalue weighted by molar-refractivity contribution is 9.09. The number of amides is 1. The lowest BCUT2D eigenvalue weighted by Gasteiger charge is -2.35. The maximum Gasteiger partial charge on any atom is 0.222 e. The average Bonchev–Trinajstić information content (AvgIpc) is 3.17. The summed E-state index contributed by atoms with van der Waals surface area (Å²) in [6, 6.07) is 6.00. The van der Waals surface area contributed by atoms with Crippen LogP contribution in [0.1, 0.15) is 12.8 Å². The summed E-state index contributed by atoms with van der Waals surface area (Å²) in [6.07, 6.45) is 2.89. The molecule has 1 aliphatic heterocycles. The fourth-order valence-corrected chi connectivity index (χ4v) is 3.55. The first-order chi connectivity index (χ1) is 13.7. The van der Waals surface area contributed by atoms with Gasteiger partial charge in [-0.15, -0.1) is 5.10 Å². The minimum absolute atomic E-state index is 0.189. The minimum Gasteiger partial charge on any atom is -0.351 e. The van der Waals surface area contributed by atoms with Crippen molar-refractivity contribution in [2.45, 2.75) is 12.8 Å². The molecule has 8 nitrogen and oxygen atoms in total. The molecule has 146 valence electrons. The second-order valence-electron chi connectivity index (χ2n) is 6.51. The van der Waals surface area contributed by atoms with E-state index in [1.54, 1.807) is 16.8 Å². The van der Waals surface area contributed by atoms with Gasteiger partial charge in [-0.3, -0.25) is 4.79 Å². The van der Waals surface area contributed by atoms with Gasteiger partial charge in [0.15, 0.2) is 17.0 Å². The van der Waals surface area contributed by atoms with Crippen molar-refractivity contribution in [3.8, 4) is 5.69 Å². The monoisotopic (exact) mass is 447 g/mol. The van der Waals surface area contributed by atoms with Crippen molar-refractivity contribution in [2.24, 2.45) is 0 Å². The Morgan fingerprint density at radius 1 is 1.11 bits per heavy atom. The van der Waals surface area contributed by atoms with Crippen LogP contribution < -0.4 is 4.90 Å². The summed E-state index contributed by atoms with van der Waals surface area (Å²) in [4.78, 5) is 24.9. The summed E-state index contributed by atoms with van der Waals surface area (Å²) in [7, 11) is 0. The van der Waals surface area contributed by atoms with Gasteiger partial charge in [0.25, 0.3) is 0 Å². The van der Waals surface area contributed by atoms with Gasteiger partial charge in [0, 0.05) is 37.9 Å². The van der Waals surface area contributed by atoms with E-state index in [0.717, 1.165) is 11.8 Å². The van der Waals surface area contributed by atoms with Gasteiger partial charge in [0.2, 0.25) is 5.91 Å². The van der Waals surface area contributed by atoms with E-state index in [1.807, 2.05) is 4.90 Å². The number of anilines is 1. The average molecular weight is 448 g/mol. The van der Waals surface area contributed by atoms with Crippen LogP contribution in [-0.4, -0.2) is 67.3 Å². The number of alkyl halides is 1. The van der Waals surface area contributed by atoms with Crippen LogP contribution in [0.25, 0.3) is 16.9 Å². The summed E-state index contributed by atoms with van der Waals surface area (Å²) in [5.74, 6) is 0.576. The predicted molar refractivity (Wildman–Crippen MR) is 106 cm³/mol. The quantitative estimate of drug-likeness (QED) is 0.557. The van der Waals surface area contributed by atoms with Crippen molar-refractivity contribution in [3.63, 3.8) is 0 Å². The highest BCUT2D eigenvalue weighted by Gasteiger charge is 2.24. The number of benzene rings is 1. The van der Waals surface area contributed by atoms with Crippen molar-refractivity contribution in [1.82, 2.24) is 29.9 Å². The van der Waals surface area contributed by atoms with Crippen molar-refractivity contribution in [1.29, 1.82) is 0 Å². The number of carbonyl (C=O) groups is 1. The van der Waals surface area contributed by atoms with E-state index in [1.165, 1.54) is 18.5 Å². The molecule has 0 unspecified atom stereocenters. The van der Waals surface area contributed by atoms with Crippen LogP contribution in [-0.2, 0) is 4.79 Å². The lowest BCUT2D eigenvalue weighted by atomic mass is 10.2. The van der Waals surface area contributed by atoms with Crippen LogP contribution in [0, 0.1) is 5.82 Å². The second-order valence-corrected chi connectivity index (χ2v) is 7.30. The van der Waals surface area contributed by atoms with Crippen LogP contribution in [0.4, 0.5) is 10.2 Å². The highest BCUT2D eigenvalue weighted by Crippen LogP contribution is 2.23. The number of halogens is 2. The zero-order valence-electron chi connectivity index (χ0n) is 15.1. The van der Waals surface area contributed by atoms with E-state index in [-0.39, 0.29) is 11.7 Å². The van der Waals surface area contributed by atoms with E-state index >= 15 is 0 Å². The first-order valence-electron chi connectivity index (χ1n) is 9.08. The van der Waals surface area contributed by atoms with Gasteiger partial charge in [-0.2, -0.15) is 4.68 Å². The summed E-state index contributed by atoms with van der Waals surface area (Å²) in [5, 5.41) is 9.26. The Morgan fingerprint density at radius 3 is 2.57 bits per heavy atom. The molecule has 1 aromatic carbocycles. The van der Waals surface area contributed by atoms with Gasteiger partial charge in [-0.25, -0.2) is 14.4 Å². The summed E-state index contributed by atoms with van der Waals surface area (Å²) < 4.78 is 14.8. The number of carbonyl (C=O) groups excluding carboxylic acids is 1. The molecule has 3 aromatic rings. The standard InChI is InChI=1S/C18H19BrFN7O/c19-7-1-2-15(28)25-8-10-26(11-9-25)17-16-18(22-12-21-17)27(24-23-16)14-5-3-13(20)4-6-14/h3-6,12H,1-2,7-11H2. The third kappa shape index (κ3) is 3.68. The number of aromatic nitrogens is 5. The topological polar surface area (TPSA) is 80.0 Å². The first kappa shape index (κ1) is 18.7. The summed E-state index contributed by atoms with van der Waals surface area (Å²) >= 11 is 3.36. The molecule has 0 aliphatic carbocycles. The normalized spacial score (nSPS) is 14.6. The fraction of sp³-hybridized carbons (Fsp3) is 0.389. The second kappa shape index (κ2) is 8.17. The van der Waals surface area contributed by atoms with Crippen LogP contribution in [0.15, 0.2) is 30.6 Å². The van der Waals surface area contributed by atoms with Gasteiger partial charge < -0.3 is 9.80 Å². The Morgan fingerprint density at radius 2 is 1.86 bits per heavy atom. The SMILES string of the molecule is O=C(CCCBr)N1CCN(c2ncnc3c2nnn3-c2ccc(F)cc2)CC1. The van der Waals surface area contributed by atoms with Crippen molar-refractivity contribution in [3.05, 3.63) is 36.4 Å². The van der Waals surface area contributed by atoms with Gasteiger partial charge in [-0.1, -0.05) is 21.1 Å². The molecule has 0 saturated carbocycles. The van der Waals surface area contributed by atoms with Crippen molar-refractivity contribution in [2.75, 3.05) is 36.4 Å². The Bertz CT molecular complexity index is 970. The number of fused-ring (bicyclic) bond motifs is 1. The van der Waals surface area contributed by atoms with Gasteiger partial charge in [0.1, 0.15) is 12.1 Å². The summed E-state index contributed by atoms with van der Waals surface area (Å²) in [6.45, 7) is 2.66. The number of hydrogen-bond acceptors (Lipinski definition) is 6. The lowest BCUT2D eigenvalue weighted by Crippen LogP contribution is -2.49. The van der Waals surface area contributed by atoms with E-state index < -0.39 is 0 Å². The molecule has 2 aromatic heterocycles. The van der Waals surface area contributed by atoms with E-state index in [4.69, 9.17) is 0 Å². The Labute approximate surface area is 169 Å². The van der Waals surface area contributed by atoms with Crippen molar-refractivity contribution >= 4 is 38.8 Å². The molecule has 0 N–H and O–H groups in total. The Balaban J connectivity index is 1.54. The van der Waals surface area contributed by atoms with Crippen molar-refractivity contribution < 1.29 is 9.18 Å². The molecule has 0 radical (unpaired) electrons. The number of hydrogen-bond donors (Lipinski definition) is 0. The molecule has 0 spiro atoms.